The molecular formula is C12H19NO. The third-order valence-electron chi connectivity index (χ3n) is 2.57. The van der Waals surface area contributed by atoms with Gasteiger partial charge in [0.1, 0.15) is 0 Å². The first kappa shape index (κ1) is 11.1. The van der Waals surface area contributed by atoms with Crippen molar-refractivity contribution < 1.29 is 5.11 Å². The maximum Gasteiger partial charge on any atom is 0.0701 e. The van der Waals surface area contributed by atoms with Gasteiger partial charge in [0, 0.05) is 17.3 Å². The standard InChI is InChI=1S/C12H19NO/c1-9(2)10(3)13-12-7-5-4-6-11(12)8-14/h4-7,9-10,13-14H,8H2,1-3H3/t10-/m0/s1. The molecule has 0 saturated heterocycles. The summed E-state index contributed by atoms with van der Waals surface area (Å²) in [7, 11) is 0. The van der Waals surface area contributed by atoms with E-state index in [1.165, 1.54) is 0 Å². The molecule has 0 heterocycles. The van der Waals surface area contributed by atoms with Crippen LogP contribution in [0.1, 0.15) is 26.3 Å². The van der Waals surface area contributed by atoms with Crippen LogP contribution in [0.15, 0.2) is 24.3 Å². The van der Waals surface area contributed by atoms with Gasteiger partial charge in [0.05, 0.1) is 6.61 Å². The van der Waals surface area contributed by atoms with Crippen molar-refractivity contribution in [2.24, 2.45) is 5.92 Å². The van der Waals surface area contributed by atoms with Gasteiger partial charge in [0.2, 0.25) is 0 Å². The van der Waals surface area contributed by atoms with Crippen LogP contribution in [0.25, 0.3) is 0 Å². The van der Waals surface area contributed by atoms with Crippen LogP contribution in [0.3, 0.4) is 0 Å². The van der Waals surface area contributed by atoms with Gasteiger partial charge in [-0.05, 0) is 18.9 Å². The van der Waals surface area contributed by atoms with Crippen LogP contribution in [-0.4, -0.2) is 11.1 Å². The fourth-order valence-corrected chi connectivity index (χ4v) is 1.21. The molecule has 2 N–H and O–H groups in total. The van der Waals surface area contributed by atoms with Gasteiger partial charge in [0.25, 0.3) is 0 Å². The van der Waals surface area contributed by atoms with E-state index in [4.69, 9.17) is 5.11 Å². The minimum absolute atomic E-state index is 0.0913. The van der Waals surface area contributed by atoms with Crippen molar-refractivity contribution in [1.82, 2.24) is 0 Å². The van der Waals surface area contributed by atoms with E-state index in [-0.39, 0.29) is 6.61 Å². The van der Waals surface area contributed by atoms with Crippen LogP contribution in [0.5, 0.6) is 0 Å². The predicted octanol–water partition coefficient (Wildman–Crippen LogP) is 2.64. The molecule has 0 spiro atoms. The molecule has 0 radical (unpaired) electrons. The Morgan fingerprint density at radius 2 is 1.86 bits per heavy atom. The summed E-state index contributed by atoms with van der Waals surface area (Å²) in [4.78, 5) is 0. The average molecular weight is 193 g/mol. The van der Waals surface area contributed by atoms with Crippen molar-refractivity contribution in [2.45, 2.75) is 33.4 Å². The van der Waals surface area contributed by atoms with Crippen molar-refractivity contribution in [3.63, 3.8) is 0 Å². The molecule has 0 amide bonds. The molecule has 0 aliphatic heterocycles. The van der Waals surface area contributed by atoms with Crippen LogP contribution in [0, 0.1) is 5.92 Å². The smallest absolute Gasteiger partial charge is 0.0701 e. The summed E-state index contributed by atoms with van der Waals surface area (Å²) < 4.78 is 0. The first-order valence-electron chi connectivity index (χ1n) is 5.10. The molecule has 78 valence electrons. The lowest BCUT2D eigenvalue weighted by molar-refractivity contribution is 0.282. The van der Waals surface area contributed by atoms with Crippen LogP contribution < -0.4 is 5.32 Å². The molecule has 0 saturated carbocycles. The van der Waals surface area contributed by atoms with E-state index >= 15 is 0 Å². The number of rotatable bonds is 4. The van der Waals surface area contributed by atoms with E-state index in [0.717, 1.165) is 11.3 Å². The summed E-state index contributed by atoms with van der Waals surface area (Å²) in [6.07, 6.45) is 0. The minimum atomic E-state index is 0.0913. The first-order valence-corrected chi connectivity index (χ1v) is 5.10. The van der Waals surface area contributed by atoms with Crippen LogP contribution in [0.2, 0.25) is 0 Å². The van der Waals surface area contributed by atoms with Gasteiger partial charge in [-0.3, -0.25) is 0 Å². The summed E-state index contributed by atoms with van der Waals surface area (Å²) in [5.74, 6) is 0.585. The number of benzene rings is 1. The Bertz CT molecular complexity index is 283. The zero-order chi connectivity index (χ0) is 10.6. The zero-order valence-corrected chi connectivity index (χ0v) is 9.12. The fourth-order valence-electron chi connectivity index (χ4n) is 1.21. The van der Waals surface area contributed by atoms with Gasteiger partial charge in [-0.15, -0.1) is 0 Å². The highest BCUT2D eigenvalue weighted by Crippen LogP contribution is 2.17. The number of aliphatic hydroxyl groups is 1. The molecule has 0 bridgehead atoms. The normalized spacial score (nSPS) is 12.9. The molecule has 0 aliphatic rings. The molecule has 2 heteroatoms. The lowest BCUT2D eigenvalue weighted by atomic mass is 10.1. The van der Waals surface area contributed by atoms with E-state index in [1.54, 1.807) is 0 Å². The predicted molar refractivity (Wildman–Crippen MR) is 60.3 cm³/mol. The van der Waals surface area contributed by atoms with Gasteiger partial charge in [-0.1, -0.05) is 32.0 Å². The monoisotopic (exact) mass is 193 g/mol. The van der Waals surface area contributed by atoms with Crippen molar-refractivity contribution >= 4 is 5.69 Å². The van der Waals surface area contributed by atoms with Crippen LogP contribution in [0.4, 0.5) is 5.69 Å². The molecule has 14 heavy (non-hydrogen) atoms. The van der Waals surface area contributed by atoms with Crippen molar-refractivity contribution in [2.75, 3.05) is 5.32 Å². The van der Waals surface area contributed by atoms with Gasteiger partial charge in [-0.25, -0.2) is 0 Å². The molecule has 0 aromatic heterocycles. The maximum atomic E-state index is 9.13. The second-order valence-electron chi connectivity index (χ2n) is 3.99. The summed E-state index contributed by atoms with van der Waals surface area (Å²) in [6.45, 7) is 6.60. The number of aliphatic hydroxyl groups excluding tert-OH is 1. The number of nitrogens with one attached hydrogen (secondary N) is 1. The van der Waals surface area contributed by atoms with Crippen molar-refractivity contribution in [1.29, 1.82) is 0 Å². The number of hydrogen-bond acceptors (Lipinski definition) is 2. The van der Waals surface area contributed by atoms with E-state index in [9.17, 15) is 0 Å². The molecule has 1 atom stereocenters. The quantitative estimate of drug-likeness (QED) is 0.770. The first-order chi connectivity index (χ1) is 6.65. The van der Waals surface area contributed by atoms with Gasteiger partial charge in [-0.2, -0.15) is 0 Å². The van der Waals surface area contributed by atoms with E-state index in [1.807, 2.05) is 24.3 Å². The fraction of sp³-hybridized carbons (Fsp3) is 0.500. The lowest BCUT2D eigenvalue weighted by Gasteiger charge is -2.20. The SMILES string of the molecule is CC(C)[C@H](C)Nc1ccccc1CO. The van der Waals surface area contributed by atoms with Crippen LogP contribution in [-0.2, 0) is 6.61 Å². The summed E-state index contributed by atoms with van der Waals surface area (Å²) in [5, 5.41) is 12.5. The Morgan fingerprint density at radius 3 is 2.43 bits per heavy atom. The Balaban J connectivity index is 2.75. The zero-order valence-electron chi connectivity index (χ0n) is 9.12. The summed E-state index contributed by atoms with van der Waals surface area (Å²) in [6, 6.07) is 8.29. The van der Waals surface area contributed by atoms with Gasteiger partial charge >= 0.3 is 0 Å². The molecule has 0 aliphatic carbocycles. The number of para-hydroxylation sites is 1. The largest absolute Gasteiger partial charge is 0.392 e. The topological polar surface area (TPSA) is 32.3 Å². The second kappa shape index (κ2) is 5.01. The third kappa shape index (κ3) is 2.74. The van der Waals surface area contributed by atoms with Gasteiger partial charge < -0.3 is 10.4 Å². The minimum Gasteiger partial charge on any atom is -0.392 e. The molecule has 1 aromatic carbocycles. The van der Waals surface area contributed by atoms with E-state index in [0.29, 0.717) is 12.0 Å². The number of hydrogen-bond donors (Lipinski definition) is 2. The molecule has 1 aromatic rings. The molecule has 0 fully saturated rings. The highest BCUT2D eigenvalue weighted by Gasteiger charge is 2.08. The Labute approximate surface area is 86.0 Å². The highest BCUT2D eigenvalue weighted by atomic mass is 16.3. The van der Waals surface area contributed by atoms with E-state index in [2.05, 4.69) is 26.1 Å². The maximum absolute atomic E-state index is 9.13. The second-order valence-corrected chi connectivity index (χ2v) is 3.99. The van der Waals surface area contributed by atoms with Crippen molar-refractivity contribution in [3.05, 3.63) is 29.8 Å². The highest BCUT2D eigenvalue weighted by molar-refractivity contribution is 5.51. The molecular weight excluding hydrogens is 174 g/mol. The molecule has 2 nitrogen and oxygen atoms in total. The average Bonchev–Trinajstić information content (AvgIpc) is 2.18. The van der Waals surface area contributed by atoms with E-state index < -0.39 is 0 Å². The van der Waals surface area contributed by atoms with Crippen molar-refractivity contribution in [3.8, 4) is 0 Å². The number of anilines is 1. The summed E-state index contributed by atoms with van der Waals surface area (Å²) in [5.41, 5.74) is 2.00. The van der Waals surface area contributed by atoms with Gasteiger partial charge in [0.15, 0.2) is 0 Å². The van der Waals surface area contributed by atoms with Crippen LogP contribution >= 0.6 is 0 Å². The molecule has 0 unspecified atom stereocenters. The third-order valence-corrected chi connectivity index (χ3v) is 2.57. The Hall–Kier alpha value is -1.02. The Morgan fingerprint density at radius 1 is 1.21 bits per heavy atom. The summed E-state index contributed by atoms with van der Waals surface area (Å²) >= 11 is 0. The Kier molecular flexibility index (Phi) is 3.96. The lowest BCUT2D eigenvalue weighted by Crippen LogP contribution is -2.22. The molecule has 1 rings (SSSR count).